The Kier molecular flexibility index (Phi) is 3.98. The van der Waals surface area contributed by atoms with Crippen LogP contribution >= 0.6 is 0 Å². The molecule has 0 aromatic carbocycles. The van der Waals surface area contributed by atoms with Crippen LogP contribution < -0.4 is 10.2 Å². The van der Waals surface area contributed by atoms with Gasteiger partial charge in [-0.1, -0.05) is 13.8 Å². The second-order valence-corrected chi connectivity index (χ2v) is 5.50. The van der Waals surface area contributed by atoms with E-state index in [1.54, 1.807) is 12.5 Å². The number of nitrogens with one attached hydrogen (secondary N) is 1. The molecule has 3 heterocycles. The van der Waals surface area contributed by atoms with Crippen molar-refractivity contribution in [1.82, 2.24) is 24.5 Å². The molecule has 1 N–H and O–H groups in total. The molecule has 0 saturated carbocycles. The zero-order valence-electron chi connectivity index (χ0n) is 12.5. The molecule has 1 aliphatic rings. The van der Waals surface area contributed by atoms with Crippen molar-refractivity contribution in [2.75, 3.05) is 29.9 Å². The maximum absolute atomic E-state index is 4.59. The van der Waals surface area contributed by atoms with Crippen LogP contribution in [-0.4, -0.2) is 44.1 Å². The second kappa shape index (κ2) is 6.07. The first-order valence-electron chi connectivity index (χ1n) is 7.49. The second-order valence-electron chi connectivity index (χ2n) is 5.50. The van der Waals surface area contributed by atoms with Crippen LogP contribution in [-0.2, 0) is 0 Å². The molecule has 1 saturated heterocycles. The summed E-state index contributed by atoms with van der Waals surface area (Å²) in [5, 5.41) is 3.25. The Labute approximate surface area is 124 Å². The van der Waals surface area contributed by atoms with Gasteiger partial charge in [-0.15, -0.1) is 0 Å². The summed E-state index contributed by atoms with van der Waals surface area (Å²) in [6.07, 6.45) is 7.48. The number of nitrogens with zero attached hydrogens (tertiary/aromatic N) is 6. The van der Waals surface area contributed by atoms with Crippen molar-refractivity contribution in [2.24, 2.45) is 5.92 Å². The predicted octanol–water partition coefficient (Wildman–Crippen LogP) is 1.73. The lowest BCUT2D eigenvalue weighted by Gasteiger charge is -2.17. The average molecular weight is 287 g/mol. The fourth-order valence-corrected chi connectivity index (χ4v) is 2.42. The number of anilines is 2. The molecule has 7 nitrogen and oxygen atoms in total. The van der Waals surface area contributed by atoms with E-state index in [-0.39, 0.29) is 0 Å². The molecule has 0 radical (unpaired) electrons. The summed E-state index contributed by atoms with van der Waals surface area (Å²) >= 11 is 0. The molecule has 1 atom stereocenters. The summed E-state index contributed by atoms with van der Waals surface area (Å²) in [5.74, 6) is 2.67. The van der Waals surface area contributed by atoms with Gasteiger partial charge in [0.2, 0.25) is 17.8 Å². The van der Waals surface area contributed by atoms with E-state index in [1.807, 2.05) is 10.8 Å². The number of rotatable bonds is 5. The summed E-state index contributed by atoms with van der Waals surface area (Å²) in [6, 6.07) is 0. The third-order valence-electron chi connectivity index (χ3n) is 3.59. The molecule has 7 heteroatoms. The summed E-state index contributed by atoms with van der Waals surface area (Å²) in [7, 11) is 0. The maximum atomic E-state index is 4.59. The van der Waals surface area contributed by atoms with Gasteiger partial charge in [-0.05, 0) is 18.8 Å². The Balaban J connectivity index is 1.92. The molecule has 0 bridgehead atoms. The quantitative estimate of drug-likeness (QED) is 0.903. The van der Waals surface area contributed by atoms with Crippen molar-refractivity contribution in [3.8, 4) is 5.95 Å². The third-order valence-corrected chi connectivity index (χ3v) is 3.59. The van der Waals surface area contributed by atoms with Crippen LogP contribution in [0.3, 0.4) is 0 Å². The lowest BCUT2D eigenvalue weighted by molar-refractivity contribution is 0.657. The van der Waals surface area contributed by atoms with Gasteiger partial charge in [0.25, 0.3) is 0 Å². The van der Waals surface area contributed by atoms with Gasteiger partial charge < -0.3 is 10.2 Å². The summed E-state index contributed by atoms with van der Waals surface area (Å²) in [4.78, 5) is 19.9. The number of hydrogen-bond donors (Lipinski definition) is 1. The van der Waals surface area contributed by atoms with E-state index in [0.717, 1.165) is 32.0 Å². The normalized spacial score (nSPS) is 18.2. The van der Waals surface area contributed by atoms with Crippen molar-refractivity contribution >= 4 is 11.9 Å². The smallest absolute Gasteiger partial charge is 0.241 e. The topological polar surface area (TPSA) is 71.8 Å². The van der Waals surface area contributed by atoms with Crippen LogP contribution in [0.25, 0.3) is 5.95 Å². The third kappa shape index (κ3) is 3.12. The monoisotopic (exact) mass is 287 g/mol. The fraction of sp³-hybridized carbons (Fsp3) is 0.571. The van der Waals surface area contributed by atoms with E-state index in [0.29, 0.717) is 17.8 Å². The van der Waals surface area contributed by atoms with Crippen LogP contribution in [0.2, 0.25) is 0 Å². The van der Waals surface area contributed by atoms with Gasteiger partial charge >= 0.3 is 0 Å². The lowest BCUT2D eigenvalue weighted by Crippen LogP contribution is -2.23. The number of aromatic nitrogens is 5. The number of imidazole rings is 1. The van der Waals surface area contributed by atoms with Gasteiger partial charge in [0, 0.05) is 32.0 Å². The molecule has 3 rings (SSSR count). The lowest BCUT2D eigenvalue weighted by atomic mass is 10.2. The molecule has 1 unspecified atom stereocenters. The van der Waals surface area contributed by atoms with Gasteiger partial charge in [-0.3, -0.25) is 4.57 Å². The maximum Gasteiger partial charge on any atom is 0.241 e. The molecule has 1 fully saturated rings. The molecule has 0 aliphatic carbocycles. The zero-order chi connectivity index (χ0) is 14.7. The first-order valence-corrected chi connectivity index (χ1v) is 7.49. The van der Waals surface area contributed by atoms with Crippen molar-refractivity contribution in [3.05, 3.63) is 18.7 Å². The largest absolute Gasteiger partial charge is 0.354 e. The van der Waals surface area contributed by atoms with Crippen molar-refractivity contribution in [3.63, 3.8) is 0 Å². The van der Waals surface area contributed by atoms with E-state index in [9.17, 15) is 0 Å². The molecule has 0 spiro atoms. The predicted molar refractivity (Wildman–Crippen MR) is 81.7 cm³/mol. The van der Waals surface area contributed by atoms with Crippen molar-refractivity contribution < 1.29 is 0 Å². The molecule has 21 heavy (non-hydrogen) atoms. The molecule has 2 aromatic rings. The Morgan fingerprint density at radius 2 is 2.14 bits per heavy atom. The van der Waals surface area contributed by atoms with E-state index in [1.165, 1.54) is 6.42 Å². The highest BCUT2D eigenvalue weighted by atomic mass is 15.3. The summed E-state index contributed by atoms with van der Waals surface area (Å²) < 4.78 is 1.81. The van der Waals surface area contributed by atoms with E-state index in [4.69, 9.17) is 0 Å². The van der Waals surface area contributed by atoms with E-state index in [2.05, 4.69) is 44.0 Å². The Morgan fingerprint density at radius 3 is 2.81 bits per heavy atom. The highest BCUT2D eigenvalue weighted by molar-refractivity contribution is 5.41. The SMILES string of the molecule is CCCNc1nc(N2CCC(C)C2)nc(-n2ccnc2)n1. The van der Waals surface area contributed by atoms with Gasteiger partial charge in [-0.25, -0.2) is 4.98 Å². The highest BCUT2D eigenvalue weighted by Gasteiger charge is 2.22. The minimum atomic E-state index is 0.607. The standard InChI is InChI=1S/C14H21N7/c1-3-5-16-12-17-13(20-7-4-11(2)9-20)19-14(18-12)21-8-6-15-10-21/h6,8,10-11H,3-5,7,9H2,1-2H3,(H,16,17,18,19). The summed E-state index contributed by atoms with van der Waals surface area (Å²) in [6.45, 7) is 7.23. The minimum absolute atomic E-state index is 0.607. The van der Waals surface area contributed by atoms with Gasteiger partial charge in [0.15, 0.2) is 0 Å². The first-order chi connectivity index (χ1) is 10.3. The van der Waals surface area contributed by atoms with E-state index >= 15 is 0 Å². The fourth-order valence-electron chi connectivity index (χ4n) is 2.42. The molecule has 112 valence electrons. The Hall–Kier alpha value is -2.18. The van der Waals surface area contributed by atoms with Crippen molar-refractivity contribution in [2.45, 2.75) is 26.7 Å². The van der Waals surface area contributed by atoms with Crippen molar-refractivity contribution in [1.29, 1.82) is 0 Å². The van der Waals surface area contributed by atoms with Gasteiger partial charge in [0.05, 0.1) is 0 Å². The van der Waals surface area contributed by atoms with Crippen LogP contribution in [0.5, 0.6) is 0 Å². The van der Waals surface area contributed by atoms with Crippen LogP contribution in [0, 0.1) is 5.92 Å². The Bertz CT molecular complexity index is 581. The highest BCUT2D eigenvalue weighted by Crippen LogP contribution is 2.21. The molecule has 0 amide bonds. The molecule has 1 aliphatic heterocycles. The molecule has 2 aromatic heterocycles. The minimum Gasteiger partial charge on any atom is -0.354 e. The Morgan fingerprint density at radius 1 is 1.29 bits per heavy atom. The molecular weight excluding hydrogens is 266 g/mol. The van der Waals surface area contributed by atoms with Gasteiger partial charge in [-0.2, -0.15) is 15.0 Å². The van der Waals surface area contributed by atoms with E-state index < -0.39 is 0 Å². The van der Waals surface area contributed by atoms with Crippen LogP contribution in [0.15, 0.2) is 18.7 Å². The van der Waals surface area contributed by atoms with Crippen LogP contribution in [0.1, 0.15) is 26.7 Å². The first kappa shape index (κ1) is 13.8. The average Bonchev–Trinajstić information content (AvgIpc) is 3.16. The number of hydrogen-bond acceptors (Lipinski definition) is 6. The molecular formula is C14H21N7. The van der Waals surface area contributed by atoms with Crippen LogP contribution in [0.4, 0.5) is 11.9 Å². The van der Waals surface area contributed by atoms with Gasteiger partial charge in [0.1, 0.15) is 6.33 Å². The zero-order valence-corrected chi connectivity index (χ0v) is 12.5. The summed E-state index contributed by atoms with van der Waals surface area (Å²) in [5.41, 5.74) is 0.